The van der Waals surface area contributed by atoms with Crippen molar-refractivity contribution < 1.29 is 24.6 Å². The lowest BCUT2D eigenvalue weighted by Gasteiger charge is -2.49. The van der Waals surface area contributed by atoms with Gasteiger partial charge >= 0.3 is 5.97 Å². The average Bonchev–Trinajstić information content (AvgIpc) is 2.58. The molecule has 0 aromatic heterocycles. The molecule has 8 nitrogen and oxygen atoms in total. The van der Waals surface area contributed by atoms with Crippen LogP contribution in [0.3, 0.4) is 0 Å². The number of hydrogen-bond donors (Lipinski definition) is 4. The lowest BCUT2D eigenvalue weighted by atomic mass is 9.97. The molecule has 25 heavy (non-hydrogen) atoms. The van der Waals surface area contributed by atoms with Gasteiger partial charge in [-0.1, -0.05) is 18.2 Å². The Labute approximate surface area is 148 Å². The molecule has 1 saturated heterocycles. The Balaban J connectivity index is 1.67. The number of rotatable bonds is 4. The van der Waals surface area contributed by atoms with Crippen LogP contribution in [0, 0.1) is 0 Å². The van der Waals surface area contributed by atoms with E-state index in [4.69, 9.17) is 5.73 Å². The molecule has 2 heterocycles. The Morgan fingerprint density at radius 1 is 1.48 bits per heavy atom. The van der Waals surface area contributed by atoms with E-state index in [2.05, 4.69) is 5.32 Å². The van der Waals surface area contributed by atoms with Crippen molar-refractivity contribution in [1.82, 2.24) is 10.2 Å². The minimum atomic E-state index is -1.14. The molecular formula is C16H19N3O5S. The molecule has 2 aliphatic heterocycles. The van der Waals surface area contributed by atoms with Crippen LogP contribution in [0.25, 0.3) is 0 Å². The molecule has 9 heteroatoms. The molecule has 134 valence electrons. The summed E-state index contributed by atoms with van der Waals surface area (Å²) in [6, 6.07) is -1.74. The van der Waals surface area contributed by atoms with Crippen LogP contribution < -0.4 is 11.1 Å². The first kappa shape index (κ1) is 17.7. The van der Waals surface area contributed by atoms with Crippen molar-refractivity contribution in [3.63, 3.8) is 0 Å². The maximum Gasteiger partial charge on any atom is 0.352 e. The van der Waals surface area contributed by atoms with E-state index in [-0.39, 0.29) is 5.70 Å². The van der Waals surface area contributed by atoms with Crippen LogP contribution in [-0.4, -0.2) is 62.2 Å². The number of nitrogens with zero attached hydrogens (tertiary/aromatic N) is 1. The Morgan fingerprint density at radius 2 is 2.20 bits per heavy atom. The molecule has 0 radical (unpaired) electrons. The summed E-state index contributed by atoms with van der Waals surface area (Å²) in [6.07, 6.45) is 4.64. The van der Waals surface area contributed by atoms with Gasteiger partial charge in [-0.3, -0.25) is 14.5 Å². The Kier molecular flexibility index (Phi) is 4.72. The zero-order valence-corrected chi connectivity index (χ0v) is 14.3. The van der Waals surface area contributed by atoms with Gasteiger partial charge in [-0.15, -0.1) is 11.8 Å². The zero-order valence-electron chi connectivity index (χ0n) is 13.5. The molecule has 0 aromatic rings. The van der Waals surface area contributed by atoms with E-state index in [1.807, 2.05) is 0 Å². The molecular weight excluding hydrogens is 346 g/mol. The van der Waals surface area contributed by atoms with Crippen molar-refractivity contribution in [1.29, 1.82) is 0 Å². The third-order valence-corrected chi connectivity index (χ3v) is 5.83. The lowest BCUT2D eigenvalue weighted by Crippen LogP contribution is -2.71. The average molecular weight is 365 g/mol. The van der Waals surface area contributed by atoms with Gasteiger partial charge in [-0.25, -0.2) is 4.79 Å². The van der Waals surface area contributed by atoms with Crippen molar-refractivity contribution in [2.45, 2.75) is 36.9 Å². The molecule has 5 N–H and O–H groups in total. The number of carbonyl (C=O) groups excluding carboxylic acids is 2. The van der Waals surface area contributed by atoms with Crippen LogP contribution in [0.5, 0.6) is 0 Å². The highest BCUT2D eigenvalue weighted by molar-refractivity contribution is 8.00. The number of carbonyl (C=O) groups is 3. The Hall–Kier alpha value is -2.10. The third kappa shape index (κ3) is 3.10. The summed E-state index contributed by atoms with van der Waals surface area (Å²) in [5.74, 6) is -1.61. The van der Waals surface area contributed by atoms with Crippen LogP contribution in [0.1, 0.15) is 13.3 Å². The second-order valence-corrected chi connectivity index (χ2v) is 7.28. The molecule has 3 aliphatic rings. The topological polar surface area (TPSA) is 133 Å². The maximum atomic E-state index is 12.3. The molecule has 0 bridgehead atoms. The van der Waals surface area contributed by atoms with Crippen LogP contribution in [0.2, 0.25) is 0 Å². The number of thioether (sulfide) groups is 1. The van der Waals surface area contributed by atoms with Crippen molar-refractivity contribution in [2.75, 3.05) is 5.75 Å². The second kappa shape index (κ2) is 6.66. The van der Waals surface area contributed by atoms with Gasteiger partial charge in [0, 0.05) is 5.75 Å². The number of carboxylic acid groups (broad SMARTS) is 1. The molecule has 1 unspecified atom stereocenters. The molecule has 1 fully saturated rings. The van der Waals surface area contributed by atoms with Gasteiger partial charge in [0.25, 0.3) is 5.91 Å². The fourth-order valence-corrected chi connectivity index (χ4v) is 4.32. The van der Waals surface area contributed by atoms with Crippen LogP contribution in [0.4, 0.5) is 0 Å². The van der Waals surface area contributed by atoms with Gasteiger partial charge in [0.2, 0.25) is 5.91 Å². The standard InChI is InChI=1S/C16H19N3O5S/c1-7-6-25-15-11(14(22)19(15)12(7)16(23)24)18-13(21)10(17)8-2-4-9(20)5-3-8/h2-4,9-11,15,20H,5-6,17H2,1H3,(H,18,21)(H,23,24)/t9?,10-,11-,15-/m1/s1. The molecule has 3 rings (SSSR count). The van der Waals surface area contributed by atoms with Crippen molar-refractivity contribution in [2.24, 2.45) is 5.73 Å². The summed E-state index contributed by atoms with van der Waals surface area (Å²) in [7, 11) is 0. The van der Waals surface area contributed by atoms with E-state index in [0.29, 0.717) is 23.3 Å². The molecule has 0 saturated carbocycles. The number of nitrogens with one attached hydrogen (secondary N) is 1. The van der Waals surface area contributed by atoms with Gasteiger partial charge in [0.1, 0.15) is 23.2 Å². The highest BCUT2D eigenvalue weighted by Crippen LogP contribution is 2.40. The van der Waals surface area contributed by atoms with E-state index < -0.39 is 41.3 Å². The van der Waals surface area contributed by atoms with Crippen molar-refractivity contribution in [3.05, 3.63) is 35.1 Å². The van der Waals surface area contributed by atoms with Crippen LogP contribution >= 0.6 is 11.8 Å². The number of amides is 2. The fraction of sp³-hybridized carbons (Fsp3) is 0.438. The number of aliphatic hydroxyl groups is 1. The number of nitrogens with two attached hydrogens (primary N) is 1. The summed E-state index contributed by atoms with van der Waals surface area (Å²) >= 11 is 1.41. The fourth-order valence-electron chi connectivity index (χ4n) is 3.03. The minimum Gasteiger partial charge on any atom is -0.477 e. The highest BCUT2D eigenvalue weighted by Gasteiger charge is 2.53. The SMILES string of the molecule is CC1=C(C(=O)O)N2C(=O)[C@@H](NC(=O)[C@H](N)C3=CCC(O)C=C3)[C@H]2SC1. The van der Waals surface area contributed by atoms with Crippen molar-refractivity contribution in [3.8, 4) is 0 Å². The van der Waals surface area contributed by atoms with Gasteiger partial charge < -0.3 is 21.3 Å². The first-order valence-electron chi connectivity index (χ1n) is 7.81. The van der Waals surface area contributed by atoms with E-state index in [0.717, 1.165) is 0 Å². The van der Waals surface area contributed by atoms with Gasteiger partial charge in [-0.05, 0) is 24.5 Å². The lowest BCUT2D eigenvalue weighted by molar-refractivity contribution is -0.150. The smallest absolute Gasteiger partial charge is 0.352 e. The highest BCUT2D eigenvalue weighted by atomic mass is 32.2. The largest absolute Gasteiger partial charge is 0.477 e. The van der Waals surface area contributed by atoms with E-state index in [1.165, 1.54) is 16.7 Å². The summed E-state index contributed by atoms with van der Waals surface area (Å²) < 4.78 is 0. The minimum absolute atomic E-state index is 0.00421. The molecule has 4 atom stereocenters. The molecule has 0 aromatic carbocycles. The summed E-state index contributed by atoms with van der Waals surface area (Å²) in [6.45, 7) is 1.68. The molecule has 1 aliphatic carbocycles. The summed E-state index contributed by atoms with van der Waals surface area (Å²) in [4.78, 5) is 37.3. The van der Waals surface area contributed by atoms with Gasteiger partial charge in [0.15, 0.2) is 0 Å². The van der Waals surface area contributed by atoms with Gasteiger partial charge in [0.05, 0.1) is 6.10 Å². The number of fused-ring (bicyclic) bond motifs is 1. The number of aliphatic hydroxyl groups excluding tert-OH is 1. The number of carboxylic acids is 1. The van der Waals surface area contributed by atoms with E-state index >= 15 is 0 Å². The third-order valence-electron chi connectivity index (χ3n) is 4.41. The Morgan fingerprint density at radius 3 is 2.80 bits per heavy atom. The quantitative estimate of drug-likeness (QED) is 0.485. The zero-order chi connectivity index (χ0) is 18.3. The molecule has 2 amide bonds. The van der Waals surface area contributed by atoms with Crippen LogP contribution in [0.15, 0.2) is 35.1 Å². The predicted octanol–water partition coefficient (Wildman–Crippen LogP) is -0.681. The maximum absolute atomic E-state index is 12.3. The normalized spacial score (nSPS) is 29.6. The van der Waals surface area contributed by atoms with Gasteiger partial charge in [-0.2, -0.15) is 0 Å². The first-order valence-corrected chi connectivity index (χ1v) is 8.86. The predicted molar refractivity (Wildman–Crippen MR) is 91.2 cm³/mol. The number of hydrogen-bond acceptors (Lipinski definition) is 6. The summed E-state index contributed by atoms with van der Waals surface area (Å²) in [5.41, 5.74) is 7.12. The summed E-state index contributed by atoms with van der Waals surface area (Å²) in [5, 5.41) is 20.9. The second-order valence-electron chi connectivity index (χ2n) is 6.17. The number of β-lactam (4-membered cyclic amide) rings is 1. The van der Waals surface area contributed by atoms with Crippen LogP contribution in [-0.2, 0) is 14.4 Å². The van der Waals surface area contributed by atoms with Crippen molar-refractivity contribution >= 4 is 29.5 Å². The van der Waals surface area contributed by atoms with E-state index in [9.17, 15) is 24.6 Å². The molecule has 0 spiro atoms. The number of aliphatic carboxylic acids is 1. The Bertz CT molecular complexity index is 729. The first-order chi connectivity index (χ1) is 11.8. The van der Waals surface area contributed by atoms with E-state index in [1.54, 1.807) is 25.2 Å². The monoisotopic (exact) mass is 365 g/mol.